The largest absolute Gasteiger partial charge is 0.375 e. The molecule has 22 heavy (non-hydrogen) atoms. The SMILES string of the molecule is NC(=S)NN=C1CC(n2nnc3ccccc32)C2COC1O2. The molecule has 3 N–H and O–H groups in total. The van der Waals surface area contributed by atoms with Crippen molar-refractivity contribution in [1.82, 2.24) is 20.4 Å². The summed E-state index contributed by atoms with van der Waals surface area (Å²) >= 11 is 4.77. The first kappa shape index (κ1) is 13.6. The second-order valence-electron chi connectivity index (χ2n) is 5.21. The maximum atomic E-state index is 5.86. The number of hydrazone groups is 1. The molecule has 8 nitrogen and oxygen atoms in total. The molecule has 2 saturated heterocycles. The molecule has 0 radical (unpaired) electrons. The summed E-state index contributed by atoms with van der Waals surface area (Å²) in [7, 11) is 0. The molecule has 2 bridgehead atoms. The van der Waals surface area contributed by atoms with Crippen molar-refractivity contribution in [2.24, 2.45) is 10.8 Å². The highest BCUT2D eigenvalue weighted by molar-refractivity contribution is 7.80. The summed E-state index contributed by atoms with van der Waals surface area (Å²) in [6.45, 7) is 0.496. The van der Waals surface area contributed by atoms with Gasteiger partial charge in [-0.2, -0.15) is 5.10 Å². The lowest BCUT2D eigenvalue weighted by Gasteiger charge is -2.28. The van der Waals surface area contributed by atoms with E-state index < -0.39 is 6.29 Å². The summed E-state index contributed by atoms with van der Waals surface area (Å²) in [5.41, 5.74) is 10.5. The maximum absolute atomic E-state index is 5.86. The molecule has 2 aromatic rings. The fourth-order valence-corrected chi connectivity index (χ4v) is 2.88. The minimum atomic E-state index is -0.446. The molecule has 114 valence electrons. The predicted octanol–water partition coefficient (Wildman–Crippen LogP) is 0.307. The van der Waals surface area contributed by atoms with Crippen LogP contribution in [0.3, 0.4) is 0 Å². The monoisotopic (exact) mass is 318 g/mol. The number of aromatic nitrogens is 3. The van der Waals surface area contributed by atoms with Gasteiger partial charge in [-0.1, -0.05) is 17.3 Å². The van der Waals surface area contributed by atoms with E-state index in [1.165, 1.54) is 0 Å². The Morgan fingerprint density at radius 2 is 2.32 bits per heavy atom. The van der Waals surface area contributed by atoms with Crippen LogP contribution in [0, 0.1) is 0 Å². The highest BCUT2D eigenvalue weighted by Gasteiger charge is 2.43. The smallest absolute Gasteiger partial charge is 0.199 e. The number of hydrogen-bond acceptors (Lipinski definition) is 6. The third-order valence-electron chi connectivity index (χ3n) is 3.83. The summed E-state index contributed by atoms with van der Waals surface area (Å²) in [5, 5.41) is 12.8. The third-order valence-corrected chi connectivity index (χ3v) is 3.92. The zero-order valence-corrected chi connectivity index (χ0v) is 12.4. The summed E-state index contributed by atoms with van der Waals surface area (Å²) in [5.74, 6) is 0. The van der Waals surface area contributed by atoms with Crippen molar-refractivity contribution >= 4 is 34.1 Å². The number of rotatable bonds is 2. The van der Waals surface area contributed by atoms with Crippen molar-refractivity contribution in [2.75, 3.05) is 6.61 Å². The standard InChI is InChI=1S/C13H14N6O2S/c14-13(22)17-15-8-5-10(11-6-20-12(8)21-11)19-9-4-2-1-3-7(9)16-18-19/h1-4,10-12H,5-6H2,(H3,14,17,22). The van der Waals surface area contributed by atoms with Gasteiger partial charge in [0.25, 0.3) is 0 Å². The van der Waals surface area contributed by atoms with Crippen LogP contribution in [0.15, 0.2) is 29.4 Å². The van der Waals surface area contributed by atoms with Gasteiger partial charge in [-0.25, -0.2) is 4.68 Å². The van der Waals surface area contributed by atoms with Crippen molar-refractivity contribution in [1.29, 1.82) is 0 Å². The molecule has 0 aliphatic carbocycles. The van der Waals surface area contributed by atoms with Crippen LogP contribution in [0.25, 0.3) is 11.0 Å². The van der Waals surface area contributed by atoms with Crippen molar-refractivity contribution in [3.63, 3.8) is 0 Å². The Labute approximate surface area is 131 Å². The summed E-state index contributed by atoms with van der Waals surface area (Å²) in [4.78, 5) is 0. The van der Waals surface area contributed by atoms with Gasteiger partial charge in [-0.05, 0) is 24.4 Å². The Balaban J connectivity index is 1.69. The Hall–Kier alpha value is -2.10. The van der Waals surface area contributed by atoms with E-state index in [1.807, 2.05) is 28.9 Å². The van der Waals surface area contributed by atoms with Crippen molar-refractivity contribution < 1.29 is 9.47 Å². The molecular formula is C13H14N6O2S. The molecule has 0 saturated carbocycles. The number of para-hydroxylation sites is 1. The zero-order valence-electron chi connectivity index (χ0n) is 11.5. The van der Waals surface area contributed by atoms with E-state index in [0.29, 0.717) is 18.7 Å². The van der Waals surface area contributed by atoms with Crippen LogP contribution in [0.2, 0.25) is 0 Å². The van der Waals surface area contributed by atoms with Crippen LogP contribution in [0.4, 0.5) is 0 Å². The van der Waals surface area contributed by atoms with Gasteiger partial charge in [-0.3, -0.25) is 5.43 Å². The van der Waals surface area contributed by atoms with Gasteiger partial charge in [0.05, 0.1) is 23.9 Å². The first-order chi connectivity index (χ1) is 10.7. The van der Waals surface area contributed by atoms with Crippen LogP contribution in [0.1, 0.15) is 12.5 Å². The number of nitrogens with one attached hydrogen (secondary N) is 1. The maximum Gasteiger partial charge on any atom is 0.199 e. The molecule has 9 heteroatoms. The summed E-state index contributed by atoms with van der Waals surface area (Å²) < 4.78 is 13.4. The summed E-state index contributed by atoms with van der Waals surface area (Å²) in [6.07, 6.45) is 0.120. The molecule has 4 rings (SSSR count). The molecule has 3 unspecified atom stereocenters. The van der Waals surface area contributed by atoms with Crippen molar-refractivity contribution in [3.05, 3.63) is 24.3 Å². The van der Waals surface area contributed by atoms with Gasteiger partial charge in [0.2, 0.25) is 0 Å². The van der Waals surface area contributed by atoms with Gasteiger partial charge in [-0.15, -0.1) is 5.10 Å². The molecule has 0 amide bonds. The molecule has 2 aliphatic rings. The molecule has 2 fully saturated rings. The van der Waals surface area contributed by atoms with Crippen LogP contribution in [-0.4, -0.2) is 44.8 Å². The van der Waals surface area contributed by atoms with E-state index in [4.69, 9.17) is 27.4 Å². The first-order valence-corrected chi connectivity index (χ1v) is 7.32. The van der Waals surface area contributed by atoms with Crippen LogP contribution in [-0.2, 0) is 9.47 Å². The fourth-order valence-electron chi connectivity index (χ4n) is 2.84. The van der Waals surface area contributed by atoms with E-state index >= 15 is 0 Å². The van der Waals surface area contributed by atoms with E-state index in [2.05, 4.69) is 20.8 Å². The topological polar surface area (TPSA) is 99.6 Å². The van der Waals surface area contributed by atoms with E-state index in [9.17, 15) is 0 Å². The molecular weight excluding hydrogens is 304 g/mol. The second kappa shape index (κ2) is 5.27. The van der Waals surface area contributed by atoms with Gasteiger partial charge < -0.3 is 15.2 Å². The van der Waals surface area contributed by atoms with Gasteiger partial charge >= 0.3 is 0 Å². The Morgan fingerprint density at radius 1 is 1.45 bits per heavy atom. The summed E-state index contributed by atoms with van der Waals surface area (Å²) in [6, 6.07) is 7.79. The Morgan fingerprint density at radius 3 is 3.18 bits per heavy atom. The number of thiocarbonyl (C=S) groups is 1. The molecule has 3 atom stereocenters. The van der Waals surface area contributed by atoms with Crippen LogP contribution < -0.4 is 11.2 Å². The van der Waals surface area contributed by atoms with Gasteiger partial charge in [0.1, 0.15) is 11.6 Å². The van der Waals surface area contributed by atoms with E-state index in [-0.39, 0.29) is 17.3 Å². The van der Waals surface area contributed by atoms with Crippen LogP contribution >= 0.6 is 12.2 Å². The van der Waals surface area contributed by atoms with E-state index in [0.717, 1.165) is 11.0 Å². The first-order valence-electron chi connectivity index (χ1n) is 6.91. The highest BCUT2D eigenvalue weighted by atomic mass is 32.1. The molecule has 2 aliphatic heterocycles. The normalized spacial score (nSPS) is 29.1. The predicted molar refractivity (Wildman–Crippen MR) is 83.2 cm³/mol. The van der Waals surface area contributed by atoms with E-state index in [1.54, 1.807) is 0 Å². The Kier molecular flexibility index (Phi) is 3.25. The number of hydrogen-bond donors (Lipinski definition) is 2. The molecule has 1 aromatic carbocycles. The average Bonchev–Trinajstić information content (AvgIpc) is 3.12. The lowest BCUT2D eigenvalue weighted by atomic mass is 10.0. The van der Waals surface area contributed by atoms with Crippen molar-refractivity contribution in [3.8, 4) is 0 Å². The average molecular weight is 318 g/mol. The minimum absolute atomic E-state index is 0.0296. The number of ether oxygens (including phenoxy) is 2. The highest BCUT2D eigenvalue weighted by Crippen LogP contribution is 2.34. The molecule has 0 spiro atoms. The Bertz CT molecular complexity index is 760. The number of nitrogens with two attached hydrogens (primary N) is 1. The lowest BCUT2D eigenvalue weighted by molar-refractivity contribution is -0.0317. The van der Waals surface area contributed by atoms with Crippen LogP contribution in [0.5, 0.6) is 0 Å². The fraction of sp³-hybridized carbons (Fsp3) is 0.385. The number of benzene rings is 1. The second-order valence-corrected chi connectivity index (χ2v) is 5.65. The minimum Gasteiger partial charge on any atom is -0.375 e. The zero-order chi connectivity index (χ0) is 15.1. The molecule has 1 aromatic heterocycles. The van der Waals surface area contributed by atoms with Gasteiger partial charge in [0, 0.05) is 6.42 Å². The number of nitrogens with zero attached hydrogens (tertiary/aromatic N) is 4. The molecule has 3 heterocycles. The number of fused-ring (bicyclic) bond motifs is 3. The quantitative estimate of drug-likeness (QED) is 0.607. The lowest BCUT2D eigenvalue weighted by Crippen LogP contribution is -2.39. The van der Waals surface area contributed by atoms with Gasteiger partial charge in [0.15, 0.2) is 11.4 Å². The third kappa shape index (κ3) is 2.23. The van der Waals surface area contributed by atoms with Crippen molar-refractivity contribution in [2.45, 2.75) is 24.9 Å².